The second-order valence-electron chi connectivity index (χ2n) is 5.32. The second kappa shape index (κ2) is 7.41. The molecular weight excluding hydrogens is 359 g/mol. The van der Waals surface area contributed by atoms with Crippen LogP contribution in [0.1, 0.15) is 21.7 Å². The number of benzene rings is 2. The third-order valence-electron chi connectivity index (χ3n) is 3.70. The number of nitrogens with two attached hydrogens (primary N) is 1. The number of carbonyl (C=O) groups excluding carboxylic acids is 1. The molecule has 1 heterocycles. The van der Waals surface area contributed by atoms with Gasteiger partial charge in [-0.05, 0) is 17.7 Å². The molecule has 0 aliphatic heterocycles. The predicted octanol–water partition coefficient (Wildman–Crippen LogP) is 4.38. The summed E-state index contributed by atoms with van der Waals surface area (Å²) in [6, 6.07) is 13.2. The molecule has 5 nitrogen and oxygen atoms in total. The number of ether oxygens (including phenoxy) is 1. The Bertz CT molecular complexity index is 963. The summed E-state index contributed by atoms with van der Waals surface area (Å²) >= 11 is 6.08. The fraction of sp³-hybridized carbons (Fsp3) is 0.0526. The monoisotopic (exact) mass is 372 g/mol. The number of halogens is 2. The van der Waals surface area contributed by atoms with Crippen molar-refractivity contribution in [3.05, 3.63) is 76.3 Å². The SMILES string of the molecule is COC(=O)c1c(-c2c(F)cccc2Cl)noc1C=C(N)c1ccccc1. The van der Waals surface area contributed by atoms with Crippen molar-refractivity contribution in [2.45, 2.75) is 0 Å². The van der Waals surface area contributed by atoms with Crippen LogP contribution in [0.5, 0.6) is 0 Å². The van der Waals surface area contributed by atoms with Crippen LogP contribution in [0.25, 0.3) is 23.0 Å². The van der Waals surface area contributed by atoms with Gasteiger partial charge in [0.1, 0.15) is 17.1 Å². The molecular formula is C19H14ClFN2O3. The van der Waals surface area contributed by atoms with Gasteiger partial charge in [-0.2, -0.15) is 0 Å². The number of hydrogen-bond donors (Lipinski definition) is 1. The van der Waals surface area contributed by atoms with Crippen molar-refractivity contribution in [2.75, 3.05) is 7.11 Å². The van der Waals surface area contributed by atoms with Gasteiger partial charge < -0.3 is 15.0 Å². The number of aromatic nitrogens is 1. The Morgan fingerprint density at radius 2 is 1.96 bits per heavy atom. The maximum absolute atomic E-state index is 14.3. The molecule has 0 atom stereocenters. The number of esters is 1. The third-order valence-corrected chi connectivity index (χ3v) is 4.02. The number of nitrogens with zero attached hydrogens (tertiary/aromatic N) is 1. The van der Waals surface area contributed by atoms with E-state index in [-0.39, 0.29) is 27.6 Å². The first-order chi connectivity index (χ1) is 12.5. The molecule has 0 fully saturated rings. The molecule has 0 saturated heterocycles. The Kier molecular flexibility index (Phi) is 5.04. The lowest BCUT2D eigenvalue weighted by Crippen LogP contribution is -2.05. The maximum atomic E-state index is 14.3. The van der Waals surface area contributed by atoms with Gasteiger partial charge in [-0.15, -0.1) is 0 Å². The molecule has 2 aromatic carbocycles. The smallest absolute Gasteiger partial charge is 0.344 e. The summed E-state index contributed by atoms with van der Waals surface area (Å²) in [7, 11) is 1.20. The zero-order valence-electron chi connectivity index (χ0n) is 13.7. The van der Waals surface area contributed by atoms with Gasteiger partial charge in [0.15, 0.2) is 5.76 Å². The lowest BCUT2D eigenvalue weighted by molar-refractivity contribution is 0.0600. The first-order valence-corrected chi connectivity index (χ1v) is 7.95. The van der Waals surface area contributed by atoms with Crippen LogP contribution in [0.3, 0.4) is 0 Å². The van der Waals surface area contributed by atoms with Gasteiger partial charge in [-0.25, -0.2) is 9.18 Å². The van der Waals surface area contributed by atoms with E-state index in [1.54, 1.807) is 12.1 Å². The average Bonchev–Trinajstić information content (AvgIpc) is 3.04. The van der Waals surface area contributed by atoms with Crippen LogP contribution in [0.2, 0.25) is 5.02 Å². The lowest BCUT2D eigenvalue weighted by Gasteiger charge is -2.05. The Hall–Kier alpha value is -3.12. The molecule has 132 valence electrons. The summed E-state index contributed by atoms with van der Waals surface area (Å²) in [4.78, 5) is 12.3. The van der Waals surface area contributed by atoms with Crippen molar-refractivity contribution in [2.24, 2.45) is 5.73 Å². The van der Waals surface area contributed by atoms with E-state index in [0.717, 1.165) is 5.56 Å². The number of carbonyl (C=O) groups is 1. The van der Waals surface area contributed by atoms with Gasteiger partial charge in [-0.1, -0.05) is 53.2 Å². The largest absolute Gasteiger partial charge is 0.465 e. The summed E-state index contributed by atoms with van der Waals surface area (Å²) in [6.45, 7) is 0. The lowest BCUT2D eigenvalue weighted by atomic mass is 10.0. The quantitative estimate of drug-likeness (QED) is 0.688. The van der Waals surface area contributed by atoms with Crippen molar-refractivity contribution in [1.82, 2.24) is 5.16 Å². The van der Waals surface area contributed by atoms with E-state index in [1.165, 1.54) is 31.4 Å². The molecule has 0 unspecified atom stereocenters. The molecule has 0 amide bonds. The number of hydrogen-bond acceptors (Lipinski definition) is 5. The molecule has 0 aliphatic rings. The standard InChI is InChI=1S/C19H14ClFN2O3/c1-25-19(24)17-15(10-14(22)11-6-3-2-4-7-11)26-23-18(17)16-12(20)8-5-9-13(16)21/h2-10H,22H2,1H3. The molecule has 0 aliphatic carbocycles. The number of rotatable bonds is 4. The maximum Gasteiger partial charge on any atom is 0.344 e. The molecule has 0 radical (unpaired) electrons. The molecule has 1 aromatic heterocycles. The summed E-state index contributed by atoms with van der Waals surface area (Å²) in [5.41, 5.74) is 6.99. The first-order valence-electron chi connectivity index (χ1n) is 7.58. The molecule has 26 heavy (non-hydrogen) atoms. The first kappa shape index (κ1) is 17.7. The number of methoxy groups -OCH3 is 1. The summed E-state index contributed by atoms with van der Waals surface area (Å²) in [6.07, 6.45) is 1.44. The van der Waals surface area contributed by atoms with E-state index in [9.17, 15) is 9.18 Å². The minimum atomic E-state index is -0.743. The van der Waals surface area contributed by atoms with Crippen LogP contribution in [0.4, 0.5) is 4.39 Å². The second-order valence-corrected chi connectivity index (χ2v) is 5.73. The Morgan fingerprint density at radius 1 is 1.23 bits per heavy atom. The molecule has 3 rings (SSSR count). The zero-order chi connectivity index (χ0) is 18.7. The third kappa shape index (κ3) is 3.32. The molecule has 0 spiro atoms. The van der Waals surface area contributed by atoms with E-state index >= 15 is 0 Å². The molecule has 3 aromatic rings. The fourth-order valence-electron chi connectivity index (χ4n) is 2.45. The molecule has 2 N–H and O–H groups in total. The highest BCUT2D eigenvalue weighted by Crippen LogP contribution is 2.34. The fourth-order valence-corrected chi connectivity index (χ4v) is 2.70. The van der Waals surface area contributed by atoms with Gasteiger partial charge >= 0.3 is 5.97 Å². The molecule has 0 saturated carbocycles. The summed E-state index contributed by atoms with van der Waals surface area (Å²) in [5, 5.41) is 3.92. The van der Waals surface area contributed by atoms with Crippen molar-refractivity contribution >= 4 is 29.3 Å². The normalized spacial score (nSPS) is 11.4. The van der Waals surface area contributed by atoms with Crippen LogP contribution in [0, 0.1) is 5.82 Å². The van der Waals surface area contributed by atoms with Crippen LogP contribution in [-0.4, -0.2) is 18.2 Å². The van der Waals surface area contributed by atoms with Gasteiger partial charge in [-0.3, -0.25) is 0 Å². The Balaban J connectivity index is 2.17. The summed E-state index contributed by atoms with van der Waals surface area (Å²) in [5.74, 6) is -1.33. The predicted molar refractivity (Wildman–Crippen MR) is 96.7 cm³/mol. The highest BCUT2D eigenvalue weighted by Gasteiger charge is 2.27. The minimum Gasteiger partial charge on any atom is -0.465 e. The van der Waals surface area contributed by atoms with Crippen LogP contribution in [-0.2, 0) is 4.74 Å². The van der Waals surface area contributed by atoms with Crippen LogP contribution in [0.15, 0.2) is 53.1 Å². The van der Waals surface area contributed by atoms with E-state index in [1.807, 2.05) is 18.2 Å². The van der Waals surface area contributed by atoms with Gasteiger partial charge in [0, 0.05) is 11.8 Å². The van der Waals surface area contributed by atoms with Crippen molar-refractivity contribution in [1.29, 1.82) is 0 Å². The van der Waals surface area contributed by atoms with Gasteiger partial charge in [0.25, 0.3) is 0 Å². The van der Waals surface area contributed by atoms with E-state index < -0.39 is 11.8 Å². The summed E-state index contributed by atoms with van der Waals surface area (Å²) < 4.78 is 24.3. The van der Waals surface area contributed by atoms with Gasteiger partial charge in [0.2, 0.25) is 0 Å². The minimum absolute atomic E-state index is 0.0451. The van der Waals surface area contributed by atoms with Crippen molar-refractivity contribution in [3.8, 4) is 11.3 Å². The molecule has 0 bridgehead atoms. The van der Waals surface area contributed by atoms with Crippen LogP contribution >= 0.6 is 11.6 Å². The van der Waals surface area contributed by atoms with Crippen molar-refractivity contribution < 1.29 is 18.4 Å². The Morgan fingerprint density at radius 3 is 2.62 bits per heavy atom. The average molecular weight is 373 g/mol. The van der Waals surface area contributed by atoms with Crippen LogP contribution < -0.4 is 5.73 Å². The van der Waals surface area contributed by atoms with E-state index in [4.69, 9.17) is 26.6 Å². The highest BCUT2D eigenvalue weighted by molar-refractivity contribution is 6.33. The van der Waals surface area contributed by atoms with E-state index in [2.05, 4.69) is 5.16 Å². The van der Waals surface area contributed by atoms with Crippen molar-refractivity contribution in [3.63, 3.8) is 0 Å². The molecule has 7 heteroatoms. The van der Waals surface area contributed by atoms with Gasteiger partial charge in [0.05, 0.1) is 17.7 Å². The van der Waals surface area contributed by atoms with E-state index in [0.29, 0.717) is 5.70 Å². The highest BCUT2D eigenvalue weighted by atomic mass is 35.5. The Labute approximate surface area is 153 Å². The topological polar surface area (TPSA) is 78.3 Å². The zero-order valence-corrected chi connectivity index (χ0v) is 14.5.